The Morgan fingerprint density at radius 3 is 2.83 bits per heavy atom. The number of thiophene rings is 1. The standard InChI is InChI=1S/C20H22N4O3S2/c1-12-18-16(20(25)21-10-15-3-2-7-28-15)9-17(13-4-5-13)22-19(18)24(23-12)14-6-8-29(26,27)11-14/h2-3,7,9,13-14H,4-6,8,10-11H2,1H3,(H,21,25)/t14-/m1/s1. The van der Waals surface area contributed by atoms with E-state index in [-0.39, 0.29) is 23.5 Å². The molecule has 1 N–H and O–H groups in total. The van der Waals surface area contributed by atoms with Crippen LogP contribution in [-0.4, -0.2) is 40.6 Å². The molecule has 1 amide bonds. The summed E-state index contributed by atoms with van der Waals surface area (Å²) in [5.41, 5.74) is 2.83. The van der Waals surface area contributed by atoms with Crippen molar-refractivity contribution in [3.05, 3.63) is 45.4 Å². The first-order valence-electron chi connectivity index (χ1n) is 9.82. The number of fused-ring (bicyclic) bond motifs is 1. The molecule has 5 rings (SSSR count). The highest BCUT2D eigenvalue weighted by Crippen LogP contribution is 2.41. The van der Waals surface area contributed by atoms with Gasteiger partial charge in [0.25, 0.3) is 5.91 Å². The Labute approximate surface area is 173 Å². The van der Waals surface area contributed by atoms with Gasteiger partial charge in [0.05, 0.1) is 40.7 Å². The molecule has 3 aromatic heterocycles. The maximum atomic E-state index is 13.1. The fourth-order valence-electron chi connectivity index (χ4n) is 4.00. The fraction of sp³-hybridized carbons (Fsp3) is 0.450. The maximum Gasteiger partial charge on any atom is 0.252 e. The molecule has 2 fully saturated rings. The number of nitrogens with one attached hydrogen (secondary N) is 1. The van der Waals surface area contributed by atoms with Gasteiger partial charge in [0, 0.05) is 16.5 Å². The summed E-state index contributed by atoms with van der Waals surface area (Å²) in [6.45, 7) is 2.34. The molecule has 1 aliphatic carbocycles. The molecule has 4 heterocycles. The number of carbonyl (C=O) groups is 1. The monoisotopic (exact) mass is 430 g/mol. The molecule has 29 heavy (non-hydrogen) atoms. The van der Waals surface area contributed by atoms with Gasteiger partial charge in [-0.2, -0.15) is 5.10 Å². The molecule has 0 unspecified atom stereocenters. The minimum Gasteiger partial charge on any atom is -0.347 e. The van der Waals surface area contributed by atoms with Crippen molar-refractivity contribution in [2.24, 2.45) is 0 Å². The molecule has 1 saturated heterocycles. The van der Waals surface area contributed by atoms with Gasteiger partial charge in [0.2, 0.25) is 0 Å². The van der Waals surface area contributed by atoms with E-state index in [2.05, 4.69) is 10.4 Å². The van der Waals surface area contributed by atoms with Crippen LogP contribution in [0.15, 0.2) is 23.6 Å². The summed E-state index contributed by atoms with van der Waals surface area (Å²) in [7, 11) is -3.04. The van der Waals surface area contributed by atoms with Crippen LogP contribution in [0.1, 0.15) is 57.8 Å². The average molecular weight is 431 g/mol. The molecular weight excluding hydrogens is 408 g/mol. The second kappa shape index (κ2) is 6.91. The molecule has 1 atom stereocenters. The molecule has 0 bridgehead atoms. The van der Waals surface area contributed by atoms with Crippen LogP contribution >= 0.6 is 11.3 Å². The summed E-state index contributed by atoms with van der Waals surface area (Å²) in [5.74, 6) is 0.487. The van der Waals surface area contributed by atoms with E-state index >= 15 is 0 Å². The molecule has 2 aliphatic rings. The highest BCUT2D eigenvalue weighted by molar-refractivity contribution is 7.91. The Morgan fingerprint density at radius 1 is 1.34 bits per heavy atom. The average Bonchev–Trinajstić information content (AvgIpc) is 3.13. The van der Waals surface area contributed by atoms with Crippen molar-refractivity contribution in [2.75, 3.05) is 11.5 Å². The lowest BCUT2D eigenvalue weighted by Crippen LogP contribution is -2.23. The number of sulfone groups is 1. The second-order valence-corrected chi connectivity index (χ2v) is 11.2. The largest absolute Gasteiger partial charge is 0.347 e. The van der Waals surface area contributed by atoms with E-state index in [1.54, 1.807) is 16.0 Å². The van der Waals surface area contributed by atoms with E-state index in [0.717, 1.165) is 28.8 Å². The number of amides is 1. The van der Waals surface area contributed by atoms with Gasteiger partial charge in [-0.25, -0.2) is 18.1 Å². The molecule has 1 saturated carbocycles. The van der Waals surface area contributed by atoms with Crippen molar-refractivity contribution in [3.63, 3.8) is 0 Å². The molecule has 3 aromatic rings. The predicted octanol–water partition coefficient (Wildman–Crippen LogP) is 2.97. The zero-order valence-electron chi connectivity index (χ0n) is 16.1. The molecule has 7 nitrogen and oxygen atoms in total. The first kappa shape index (κ1) is 18.7. The Bertz CT molecular complexity index is 1190. The van der Waals surface area contributed by atoms with Gasteiger partial charge < -0.3 is 5.32 Å². The van der Waals surface area contributed by atoms with Crippen molar-refractivity contribution in [1.82, 2.24) is 20.1 Å². The summed E-state index contributed by atoms with van der Waals surface area (Å²) in [6, 6.07) is 5.63. The molecular formula is C20H22N4O3S2. The maximum absolute atomic E-state index is 13.1. The van der Waals surface area contributed by atoms with Crippen LogP contribution in [0.5, 0.6) is 0 Å². The zero-order chi connectivity index (χ0) is 20.2. The SMILES string of the molecule is Cc1nn([C@@H]2CCS(=O)(=O)C2)c2nc(C3CC3)cc(C(=O)NCc3cccs3)c12. The van der Waals surface area contributed by atoms with Crippen molar-refractivity contribution < 1.29 is 13.2 Å². The number of rotatable bonds is 5. The van der Waals surface area contributed by atoms with E-state index in [0.29, 0.717) is 35.8 Å². The lowest BCUT2D eigenvalue weighted by molar-refractivity contribution is 0.0952. The lowest BCUT2D eigenvalue weighted by Gasteiger charge is -2.12. The van der Waals surface area contributed by atoms with Crippen LogP contribution in [0.4, 0.5) is 0 Å². The second-order valence-electron chi connectivity index (χ2n) is 7.92. The number of hydrogen-bond acceptors (Lipinski definition) is 6. The van der Waals surface area contributed by atoms with E-state index in [1.165, 1.54) is 0 Å². The number of nitrogens with zero attached hydrogens (tertiary/aromatic N) is 3. The van der Waals surface area contributed by atoms with E-state index < -0.39 is 9.84 Å². The molecule has 0 radical (unpaired) electrons. The molecule has 152 valence electrons. The van der Waals surface area contributed by atoms with Gasteiger partial charge in [0.15, 0.2) is 15.5 Å². The minimum atomic E-state index is -3.04. The molecule has 1 aliphatic heterocycles. The fourth-order valence-corrected chi connectivity index (χ4v) is 6.33. The summed E-state index contributed by atoms with van der Waals surface area (Å²) < 4.78 is 25.7. The van der Waals surface area contributed by atoms with Gasteiger partial charge in [-0.05, 0) is 43.7 Å². The Balaban J connectivity index is 1.57. The van der Waals surface area contributed by atoms with Crippen molar-refractivity contribution in [2.45, 2.75) is 44.7 Å². The highest BCUT2D eigenvalue weighted by Gasteiger charge is 2.34. The third-order valence-corrected chi connectivity index (χ3v) is 8.28. The number of pyridine rings is 1. The van der Waals surface area contributed by atoms with Gasteiger partial charge in [-0.15, -0.1) is 11.3 Å². The lowest BCUT2D eigenvalue weighted by atomic mass is 10.1. The zero-order valence-corrected chi connectivity index (χ0v) is 17.7. The van der Waals surface area contributed by atoms with Crippen LogP contribution < -0.4 is 5.32 Å². The molecule has 0 aromatic carbocycles. The van der Waals surface area contributed by atoms with Crippen LogP contribution in [0.25, 0.3) is 11.0 Å². The van der Waals surface area contributed by atoms with E-state index in [4.69, 9.17) is 4.98 Å². The van der Waals surface area contributed by atoms with Gasteiger partial charge in [0.1, 0.15) is 0 Å². The minimum absolute atomic E-state index is 0.0818. The van der Waals surface area contributed by atoms with E-state index in [1.807, 2.05) is 30.5 Å². The van der Waals surface area contributed by atoms with Crippen molar-refractivity contribution >= 4 is 38.1 Å². The first-order valence-corrected chi connectivity index (χ1v) is 12.5. The van der Waals surface area contributed by atoms with Crippen LogP contribution in [0, 0.1) is 6.92 Å². The van der Waals surface area contributed by atoms with Gasteiger partial charge in [-0.1, -0.05) is 6.07 Å². The third-order valence-electron chi connectivity index (χ3n) is 5.65. The van der Waals surface area contributed by atoms with Crippen molar-refractivity contribution in [1.29, 1.82) is 0 Å². The summed E-state index contributed by atoms with van der Waals surface area (Å²) in [4.78, 5) is 19.0. The Kier molecular flexibility index (Phi) is 4.47. The smallest absolute Gasteiger partial charge is 0.252 e. The highest BCUT2D eigenvalue weighted by atomic mass is 32.2. The first-order chi connectivity index (χ1) is 13.9. The molecule has 0 spiro atoms. The number of aromatic nitrogens is 3. The van der Waals surface area contributed by atoms with Crippen LogP contribution in [-0.2, 0) is 16.4 Å². The predicted molar refractivity (Wildman–Crippen MR) is 112 cm³/mol. The summed E-state index contributed by atoms with van der Waals surface area (Å²) in [5, 5.41) is 10.3. The van der Waals surface area contributed by atoms with Crippen LogP contribution in [0.3, 0.4) is 0 Å². The van der Waals surface area contributed by atoms with Crippen LogP contribution in [0.2, 0.25) is 0 Å². The Hall–Kier alpha value is -2.26. The normalized spacial score (nSPS) is 20.9. The number of aryl methyl sites for hydroxylation is 1. The Morgan fingerprint density at radius 2 is 2.17 bits per heavy atom. The van der Waals surface area contributed by atoms with Crippen molar-refractivity contribution in [3.8, 4) is 0 Å². The van der Waals surface area contributed by atoms with Gasteiger partial charge >= 0.3 is 0 Å². The van der Waals surface area contributed by atoms with E-state index in [9.17, 15) is 13.2 Å². The molecule has 9 heteroatoms. The quantitative estimate of drug-likeness (QED) is 0.672. The number of hydrogen-bond donors (Lipinski definition) is 1. The summed E-state index contributed by atoms with van der Waals surface area (Å²) >= 11 is 1.61. The topological polar surface area (TPSA) is 93.9 Å². The number of carbonyl (C=O) groups excluding carboxylic acids is 1. The summed E-state index contributed by atoms with van der Waals surface area (Å²) in [6.07, 6.45) is 2.67. The van der Waals surface area contributed by atoms with Gasteiger partial charge in [-0.3, -0.25) is 4.79 Å². The third kappa shape index (κ3) is 3.57.